The SMILES string of the molecule is NC(c1ccccc1F)C1CC1C(=O)O. The molecule has 3 nitrogen and oxygen atoms in total. The molecule has 1 aliphatic rings. The molecule has 80 valence electrons. The number of carbonyl (C=O) groups is 1. The van der Waals surface area contributed by atoms with Crippen molar-refractivity contribution in [3.63, 3.8) is 0 Å². The molecule has 0 amide bonds. The molecule has 1 fully saturated rings. The molecule has 0 spiro atoms. The standard InChI is InChI=1S/C11H12FNO2/c12-9-4-2-1-3-6(9)10(13)7-5-8(7)11(14)15/h1-4,7-8,10H,5,13H2,(H,14,15). The third-order valence-electron chi connectivity index (χ3n) is 2.88. The molecule has 1 aliphatic carbocycles. The number of rotatable bonds is 3. The summed E-state index contributed by atoms with van der Waals surface area (Å²) >= 11 is 0. The summed E-state index contributed by atoms with van der Waals surface area (Å²) in [5.74, 6) is -1.73. The predicted octanol–water partition coefficient (Wildman–Crippen LogP) is 1.55. The van der Waals surface area contributed by atoms with Crippen LogP contribution in [0.3, 0.4) is 0 Å². The molecule has 0 saturated heterocycles. The van der Waals surface area contributed by atoms with E-state index in [2.05, 4.69) is 0 Å². The van der Waals surface area contributed by atoms with Crippen LogP contribution in [-0.4, -0.2) is 11.1 Å². The van der Waals surface area contributed by atoms with Gasteiger partial charge in [0.15, 0.2) is 0 Å². The van der Waals surface area contributed by atoms with Crippen LogP contribution in [0, 0.1) is 17.7 Å². The van der Waals surface area contributed by atoms with Crippen LogP contribution in [0.25, 0.3) is 0 Å². The second kappa shape index (κ2) is 3.62. The van der Waals surface area contributed by atoms with Crippen LogP contribution in [0.5, 0.6) is 0 Å². The van der Waals surface area contributed by atoms with Crippen molar-refractivity contribution in [2.24, 2.45) is 17.6 Å². The Morgan fingerprint density at radius 1 is 1.53 bits per heavy atom. The van der Waals surface area contributed by atoms with E-state index in [1.165, 1.54) is 6.07 Å². The van der Waals surface area contributed by atoms with Gasteiger partial charge in [0.2, 0.25) is 0 Å². The zero-order valence-corrected chi connectivity index (χ0v) is 8.06. The number of hydrogen-bond acceptors (Lipinski definition) is 2. The van der Waals surface area contributed by atoms with Gasteiger partial charge in [-0.3, -0.25) is 4.79 Å². The fraction of sp³-hybridized carbons (Fsp3) is 0.364. The lowest BCUT2D eigenvalue weighted by Crippen LogP contribution is -2.17. The van der Waals surface area contributed by atoms with Crippen molar-refractivity contribution in [3.05, 3.63) is 35.6 Å². The van der Waals surface area contributed by atoms with Crippen molar-refractivity contribution in [1.82, 2.24) is 0 Å². The third kappa shape index (κ3) is 1.85. The number of carboxylic acid groups (broad SMARTS) is 1. The van der Waals surface area contributed by atoms with Crippen LogP contribution in [-0.2, 0) is 4.79 Å². The van der Waals surface area contributed by atoms with E-state index in [0.29, 0.717) is 12.0 Å². The van der Waals surface area contributed by atoms with E-state index in [1.54, 1.807) is 18.2 Å². The first kappa shape index (κ1) is 10.1. The van der Waals surface area contributed by atoms with Crippen LogP contribution in [0.1, 0.15) is 18.0 Å². The van der Waals surface area contributed by atoms with E-state index < -0.39 is 17.9 Å². The summed E-state index contributed by atoms with van der Waals surface area (Å²) in [6, 6.07) is 5.74. The molecule has 1 aromatic rings. The quantitative estimate of drug-likeness (QED) is 0.793. The normalized spacial score (nSPS) is 26.0. The second-order valence-corrected chi connectivity index (χ2v) is 3.89. The topological polar surface area (TPSA) is 63.3 Å². The fourth-order valence-corrected chi connectivity index (χ4v) is 1.87. The van der Waals surface area contributed by atoms with Crippen molar-refractivity contribution in [2.75, 3.05) is 0 Å². The molecule has 1 aromatic carbocycles. The monoisotopic (exact) mass is 209 g/mol. The summed E-state index contributed by atoms with van der Waals surface area (Å²) in [6.07, 6.45) is 0.546. The summed E-state index contributed by atoms with van der Waals surface area (Å²) in [6.45, 7) is 0. The van der Waals surface area contributed by atoms with E-state index in [4.69, 9.17) is 10.8 Å². The molecule has 15 heavy (non-hydrogen) atoms. The maximum Gasteiger partial charge on any atom is 0.306 e. The first-order chi connectivity index (χ1) is 7.11. The zero-order chi connectivity index (χ0) is 11.0. The van der Waals surface area contributed by atoms with Crippen LogP contribution >= 0.6 is 0 Å². The van der Waals surface area contributed by atoms with Crippen LogP contribution < -0.4 is 5.73 Å². The highest BCUT2D eigenvalue weighted by molar-refractivity contribution is 5.73. The molecule has 0 heterocycles. The van der Waals surface area contributed by atoms with E-state index in [-0.39, 0.29) is 11.7 Å². The number of halogens is 1. The molecule has 3 atom stereocenters. The van der Waals surface area contributed by atoms with Crippen LogP contribution in [0.2, 0.25) is 0 Å². The smallest absolute Gasteiger partial charge is 0.306 e. The first-order valence-corrected chi connectivity index (χ1v) is 4.84. The molecule has 0 aromatic heterocycles. The zero-order valence-electron chi connectivity index (χ0n) is 8.06. The summed E-state index contributed by atoms with van der Waals surface area (Å²) in [5, 5.41) is 8.74. The number of hydrogen-bond donors (Lipinski definition) is 2. The molecule has 4 heteroatoms. The summed E-state index contributed by atoms with van der Waals surface area (Å²) in [7, 11) is 0. The molecule has 2 rings (SSSR count). The lowest BCUT2D eigenvalue weighted by atomic mass is 10.0. The van der Waals surface area contributed by atoms with Crippen molar-refractivity contribution < 1.29 is 14.3 Å². The van der Waals surface area contributed by atoms with Crippen LogP contribution in [0.4, 0.5) is 4.39 Å². The predicted molar refractivity (Wildman–Crippen MR) is 52.6 cm³/mol. The van der Waals surface area contributed by atoms with Gasteiger partial charge in [-0.1, -0.05) is 18.2 Å². The number of carboxylic acids is 1. The van der Waals surface area contributed by atoms with Gasteiger partial charge in [-0.2, -0.15) is 0 Å². The Balaban J connectivity index is 2.13. The third-order valence-corrected chi connectivity index (χ3v) is 2.88. The molecule has 3 N–H and O–H groups in total. The highest BCUT2D eigenvalue weighted by Gasteiger charge is 2.47. The Labute approximate surface area is 86.7 Å². The highest BCUT2D eigenvalue weighted by Crippen LogP contribution is 2.46. The highest BCUT2D eigenvalue weighted by atomic mass is 19.1. The Morgan fingerprint density at radius 3 is 2.73 bits per heavy atom. The molecular weight excluding hydrogens is 197 g/mol. The minimum atomic E-state index is -0.841. The Morgan fingerprint density at radius 2 is 2.20 bits per heavy atom. The lowest BCUT2D eigenvalue weighted by molar-refractivity contribution is -0.138. The van der Waals surface area contributed by atoms with Gasteiger partial charge in [0, 0.05) is 11.6 Å². The van der Waals surface area contributed by atoms with E-state index in [9.17, 15) is 9.18 Å². The molecule has 0 aliphatic heterocycles. The first-order valence-electron chi connectivity index (χ1n) is 4.84. The van der Waals surface area contributed by atoms with Gasteiger partial charge in [0.05, 0.1) is 5.92 Å². The lowest BCUT2D eigenvalue weighted by Gasteiger charge is -2.11. The summed E-state index contributed by atoms with van der Waals surface area (Å²) in [4.78, 5) is 10.6. The molecule has 3 unspecified atom stereocenters. The molecule has 1 saturated carbocycles. The molecule has 0 radical (unpaired) electrons. The number of benzene rings is 1. The Kier molecular flexibility index (Phi) is 2.44. The maximum atomic E-state index is 13.3. The van der Waals surface area contributed by atoms with E-state index in [0.717, 1.165) is 0 Å². The molecular formula is C11H12FNO2. The average molecular weight is 209 g/mol. The minimum absolute atomic E-state index is 0.126. The van der Waals surface area contributed by atoms with Crippen LogP contribution in [0.15, 0.2) is 24.3 Å². The van der Waals surface area contributed by atoms with E-state index in [1.807, 2.05) is 0 Å². The van der Waals surface area contributed by atoms with Crippen molar-refractivity contribution >= 4 is 5.97 Å². The average Bonchev–Trinajstić information content (AvgIpc) is 2.97. The molecule has 0 bridgehead atoms. The van der Waals surface area contributed by atoms with Gasteiger partial charge in [0.25, 0.3) is 0 Å². The summed E-state index contributed by atoms with van der Waals surface area (Å²) in [5.41, 5.74) is 6.23. The Bertz CT molecular complexity index is 394. The van der Waals surface area contributed by atoms with Gasteiger partial charge >= 0.3 is 5.97 Å². The number of aliphatic carboxylic acids is 1. The van der Waals surface area contributed by atoms with Crippen molar-refractivity contribution in [1.29, 1.82) is 0 Å². The largest absolute Gasteiger partial charge is 0.481 e. The van der Waals surface area contributed by atoms with Gasteiger partial charge in [-0.15, -0.1) is 0 Å². The number of nitrogens with two attached hydrogens (primary N) is 1. The van der Waals surface area contributed by atoms with Crippen molar-refractivity contribution in [3.8, 4) is 0 Å². The Hall–Kier alpha value is -1.42. The second-order valence-electron chi connectivity index (χ2n) is 3.89. The maximum absolute atomic E-state index is 13.3. The summed E-state index contributed by atoms with van der Waals surface area (Å²) < 4.78 is 13.3. The van der Waals surface area contributed by atoms with Gasteiger partial charge in [0.1, 0.15) is 5.82 Å². The fourth-order valence-electron chi connectivity index (χ4n) is 1.87. The van der Waals surface area contributed by atoms with E-state index >= 15 is 0 Å². The minimum Gasteiger partial charge on any atom is -0.481 e. The van der Waals surface area contributed by atoms with Gasteiger partial charge < -0.3 is 10.8 Å². The van der Waals surface area contributed by atoms with Gasteiger partial charge in [-0.25, -0.2) is 4.39 Å². The van der Waals surface area contributed by atoms with Gasteiger partial charge in [-0.05, 0) is 18.4 Å². The van der Waals surface area contributed by atoms with Crippen molar-refractivity contribution in [2.45, 2.75) is 12.5 Å².